The molecule has 0 saturated carbocycles. The molecule has 2 aromatic rings. The number of rotatable bonds is 3. The molecule has 1 aliphatic heterocycles. The van der Waals surface area contributed by atoms with Crippen molar-refractivity contribution in [3.63, 3.8) is 0 Å². The Morgan fingerprint density at radius 3 is 2.86 bits per heavy atom. The van der Waals surface area contributed by atoms with Crippen molar-refractivity contribution in [1.82, 2.24) is 9.97 Å². The molecule has 6 heteroatoms. The van der Waals surface area contributed by atoms with Crippen molar-refractivity contribution in [3.05, 3.63) is 23.5 Å². The first-order chi connectivity index (χ1) is 10.1. The number of hydrogen-bond donors (Lipinski definition) is 0. The van der Waals surface area contributed by atoms with Crippen LogP contribution in [0.25, 0.3) is 10.9 Å². The van der Waals surface area contributed by atoms with Crippen molar-refractivity contribution >= 4 is 28.3 Å². The van der Waals surface area contributed by atoms with E-state index in [1.165, 1.54) is 0 Å². The minimum Gasteiger partial charge on any atom is -0.495 e. The van der Waals surface area contributed by atoms with Gasteiger partial charge in [0.25, 0.3) is 0 Å². The van der Waals surface area contributed by atoms with E-state index in [9.17, 15) is 0 Å². The third-order valence-corrected chi connectivity index (χ3v) is 4.44. The third-order valence-electron chi connectivity index (χ3n) is 4.08. The van der Waals surface area contributed by atoms with Crippen LogP contribution in [-0.4, -0.2) is 42.9 Å². The summed E-state index contributed by atoms with van der Waals surface area (Å²) in [5.74, 6) is 1.49. The zero-order valence-electron chi connectivity index (χ0n) is 12.3. The van der Waals surface area contributed by atoms with Crippen LogP contribution in [0.15, 0.2) is 18.5 Å². The van der Waals surface area contributed by atoms with E-state index in [-0.39, 0.29) is 6.10 Å². The average molecular weight is 308 g/mol. The number of ether oxygens (including phenoxy) is 2. The summed E-state index contributed by atoms with van der Waals surface area (Å²) in [6.07, 6.45) is 2.72. The maximum Gasteiger partial charge on any atom is 0.140 e. The lowest BCUT2D eigenvalue weighted by Crippen LogP contribution is -2.37. The van der Waals surface area contributed by atoms with Crippen LogP contribution in [0.1, 0.15) is 13.3 Å². The van der Waals surface area contributed by atoms with E-state index in [0.717, 1.165) is 24.2 Å². The quantitative estimate of drug-likeness (QED) is 0.872. The van der Waals surface area contributed by atoms with Gasteiger partial charge in [-0.25, -0.2) is 9.97 Å². The molecule has 2 atom stereocenters. The summed E-state index contributed by atoms with van der Waals surface area (Å²) in [7, 11) is 3.63. The van der Waals surface area contributed by atoms with Crippen LogP contribution < -0.4 is 9.64 Å². The maximum absolute atomic E-state index is 6.35. The summed E-state index contributed by atoms with van der Waals surface area (Å²) >= 11 is 6.35. The molecule has 1 saturated heterocycles. The Hall–Kier alpha value is -1.59. The topological polar surface area (TPSA) is 47.5 Å². The zero-order chi connectivity index (χ0) is 15.0. The lowest BCUT2D eigenvalue weighted by atomic mass is 10.1. The van der Waals surface area contributed by atoms with Gasteiger partial charge in [0.1, 0.15) is 22.9 Å². The molecule has 0 spiro atoms. The van der Waals surface area contributed by atoms with E-state index in [1.807, 2.05) is 19.2 Å². The Balaban J connectivity index is 2.09. The number of benzene rings is 1. The van der Waals surface area contributed by atoms with Gasteiger partial charge in [0.05, 0.1) is 24.8 Å². The summed E-state index contributed by atoms with van der Waals surface area (Å²) in [6, 6.07) is 4.11. The molecule has 2 unspecified atom stereocenters. The molecular formula is C15H18ClN3O2. The number of aromatic nitrogens is 2. The van der Waals surface area contributed by atoms with E-state index in [0.29, 0.717) is 22.3 Å². The Kier molecular flexibility index (Phi) is 3.87. The third kappa shape index (κ3) is 2.40. The molecule has 0 aliphatic carbocycles. The van der Waals surface area contributed by atoms with Gasteiger partial charge in [-0.2, -0.15) is 0 Å². The van der Waals surface area contributed by atoms with Gasteiger partial charge in [0, 0.05) is 19.0 Å². The number of likely N-dealkylation sites (N-methyl/N-ethyl adjacent to an activating group) is 1. The molecule has 0 bridgehead atoms. The van der Waals surface area contributed by atoms with Crippen molar-refractivity contribution in [2.45, 2.75) is 25.5 Å². The second-order valence-electron chi connectivity index (χ2n) is 5.22. The SMILES string of the molecule is COc1ccc2c(N(C)C3CCOC3C)ncnc2c1Cl. The Bertz CT molecular complexity index is 665. The van der Waals surface area contributed by atoms with Crippen molar-refractivity contribution < 1.29 is 9.47 Å². The Morgan fingerprint density at radius 1 is 1.38 bits per heavy atom. The zero-order valence-corrected chi connectivity index (χ0v) is 13.1. The van der Waals surface area contributed by atoms with Gasteiger partial charge in [0.2, 0.25) is 0 Å². The fourth-order valence-corrected chi connectivity index (χ4v) is 3.18. The fraction of sp³-hybridized carbons (Fsp3) is 0.467. The average Bonchev–Trinajstić information content (AvgIpc) is 2.93. The van der Waals surface area contributed by atoms with E-state index in [2.05, 4.69) is 21.8 Å². The summed E-state index contributed by atoms with van der Waals surface area (Å²) in [5, 5.41) is 1.44. The molecule has 0 radical (unpaired) electrons. The molecule has 3 rings (SSSR count). The number of methoxy groups -OCH3 is 1. The van der Waals surface area contributed by atoms with Gasteiger partial charge in [-0.1, -0.05) is 11.6 Å². The Morgan fingerprint density at radius 2 is 2.19 bits per heavy atom. The van der Waals surface area contributed by atoms with Crippen LogP contribution in [0, 0.1) is 0 Å². The van der Waals surface area contributed by atoms with Crippen LogP contribution in [-0.2, 0) is 4.74 Å². The minimum absolute atomic E-state index is 0.189. The molecule has 21 heavy (non-hydrogen) atoms. The van der Waals surface area contributed by atoms with Gasteiger partial charge < -0.3 is 14.4 Å². The second kappa shape index (κ2) is 5.66. The van der Waals surface area contributed by atoms with Crippen LogP contribution in [0.2, 0.25) is 5.02 Å². The summed E-state index contributed by atoms with van der Waals surface area (Å²) in [4.78, 5) is 10.9. The number of fused-ring (bicyclic) bond motifs is 1. The van der Waals surface area contributed by atoms with Gasteiger partial charge >= 0.3 is 0 Å². The number of halogens is 1. The predicted molar refractivity (Wildman–Crippen MR) is 83.3 cm³/mol. The highest BCUT2D eigenvalue weighted by atomic mass is 35.5. The van der Waals surface area contributed by atoms with Gasteiger partial charge in [0.15, 0.2) is 0 Å². The molecule has 1 aromatic carbocycles. The highest BCUT2D eigenvalue weighted by Gasteiger charge is 2.29. The van der Waals surface area contributed by atoms with E-state index in [1.54, 1.807) is 13.4 Å². The molecule has 2 heterocycles. The molecular weight excluding hydrogens is 290 g/mol. The first kappa shape index (κ1) is 14.4. The van der Waals surface area contributed by atoms with Crippen LogP contribution >= 0.6 is 11.6 Å². The highest BCUT2D eigenvalue weighted by Crippen LogP contribution is 2.35. The lowest BCUT2D eigenvalue weighted by Gasteiger charge is -2.28. The number of hydrogen-bond acceptors (Lipinski definition) is 5. The fourth-order valence-electron chi connectivity index (χ4n) is 2.89. The first-order valence-electron chi connectivity index (χ1n) is 6.95. The van der Waals surface area contributed by atoms with Gasteiger partial charge in [-0.15, -0.1) is 0 Å². The predicted octanol–water partition coefficient (Wildman–Crippen LogP) is 2.91. The van der Waals surface area contributed by atoms with Crippen LogP contribution in [0.4, 0.5) is 5.82 Å². The van der Waals surface area contributed by atoms with Gasteiger partial charge in [-0.3, -0.25) is 0 Å². The monoisotopic (exact) mass is 307 g/mol. The van der Waals surface area contributed by atoms with Crippen molar-refractivity contribution in [1.29, 1.82) is 0 Å². The normalized spacial score (nSPS) is 21.7. The largest absolute Gasteiger partial charge is 0.495 e. The number of anilines is 1. The van der Waals surface area contributed by atoms with Crippen molar-refractivity contribution in [3.8, 4) is 5.75 Å². The van der Waals surface area contributed by atoms with E-state index >= 15 is 0 Å². The molecule has 5 nitrogen and oxygen atoms in total. The number of nitrogens with zero attached hydrogens (tertiary/aromatic N) is 3. The molecule has 0 N–H and O–H groups in total. The summed E-state index contributed by atoms with van der Waals surface area (Å²) in [6.45, 7) is 2.88. The molecule has 112 valence electrons. The van der Waals surface area contributed by atoms with E-state index < -0.39 is 0 Å². The standard InChI is InChI=1S/C15H18ClN3O2/c1-9-11(6-7-21-9)19(2)15-10-4-5-12(20-3)13(16)14(10)17-8-18-15/h4-5,8-9,11H,6-7H2,1-3H3. The minimum atomic E-state index is 0.189. The first-order valence-corrected chi connectivity index (χ1v) is 7.33. The maximum atomic E-state index is 6.35. The van der Waals surface area contributed by atoms with Crippen LogP contribution in [0.5, 0.6) is 5.75 Å². The summed E-state index contributed by atoms with van der Waals surface area (Å²) in [5.41, 5.74) is 0.708. The Labute approximate surface area is 128 Å². The molecule has 1 aromatic heterocycles. The molecule has 1 fully saturated rings. The molecule has 0 amide bonds. The summed E-state index contributed by atoms with van der Waals surface area (Å²) < 4.78 is 10.9. The van der Waals surface area contributed by atoms with Crippen LogP contribution in [0.3, 0.4) is 0 Å². The highest BCUT2D eigenvalue weighted by molar-refractivity contribution is 6.36. The lowest BCUT2D eigenvalue weighted by molar-refractivity contribution is 0.118. The van der Waals surface area contributed by atoms with Crippen molar-refractivity contribution in [2.24, 2.45) is 0 Å². The van der Waals surface area contributed by atoms with Gasteiger partial charge in [-0.05, 0) is 25.5 Å². The smallest absolute Gasteiger partial charge is 0.140 e. The second-order valence-corrected chi connectivity index (χ2v) is 5.60. The molecule has 1 aliphatic rings. The van der Waals surface area contributed by atoms with Crippen molar-refractivity contribution in [2.75, 3.05) is 25.7 Å². The van der Waals surface area contributed by atoms with E-state index in [4.69, 9.17) is 21.1 Å².